The van der Waals surface area contributed by atoms with Gasteiger partial charge >= 0.3 is 17.9 Å². The van der Waals surface area contributed by atoms with Crippen LogP contribution in [-0.4, -0.2) is 66.5 Å². The number of alkyl halides is 1. The second kappa shape index (κ2) is 17.0. The third kappa shape index (κ3) is 8.64. The predicted octanol–water partition coefficient (Wildman–Crippen LogP) is 7.68. The van der Waals surface area contributed by atoms with E-state index in [1.165, 1.54) is 21.3 Å². The van der Waals surface area contributed by atoms with E-state index >= 15 is 0 Å². The number of aryl methyl sites for hydroxylation is 2. The fourth-order valence-electron chi connectivity index (χ4n) is 6.65. The number of carbonyl (C=O) groups is 3. The van der Waals surface area contributed by atoms with Crippen LogP contribution < -0.4 is 0 Å². The van der Waals surface area contributed by atoms with E-state index in [0.717, 1.165) is 90.1 Å². The first kappa shape index (κ1) is 38.4. The third-order valence-electron chi connectivity index (χ3n) is 9.85. The van der Waals surface area contributed by atoms with Gasteiger partial charge in [-0.1, -0.05) is 0 Å². The van der Waals surface area contributed by atoms with Crippen molar-refractivity contribution in [2.45, 2.75) is 92.9 Å². The van der Waals surface area contributed by atoms with Gasteiger partial charge in [0.1, 0.15) is 0 Å². The third-order valence-corrected chi connectivity index (χ3v) is 10.0. The van der Waals surface area contributed by atoms with Crippen LogP contribution in [-0.2, 0) is 41.4 Å². The van der Waals surface area contributed by atoms with Crippen molar-refractivity contribution in [1.82, 2.24) is 9.97 Å². The molecule has 0 saturated heterocycles. The summed E-state index contributed by atoms with van der Waals surface area (Å²) in [5.41, 5.74) is 15.8. The van der Waals surface area contributed by atoms with Gasteiger partial charge in [0.05, 0.1) is 44.1 Å². The number of halogens is 1. The van der Waals surface area contributed by atoms with E-state index in [2.05, 4.69) is 29.9 Å². The first-order valence-corrected chi connectivity index (χ1v) is 17.5. The number of allylic oxidation sites excluding steroid dienone is 4. The normalized spacial score (nSPS) is 16.1. The maximum Gasteiger partial charge on any atom is 0.305 e. The lowest BCUT2D eigenvalue weighted by atomic mass is 9.95. The molecule has 10 nitrogen and oxygen atoms in total. The van der Waals surface area contributed by atoms with Gasteiger partial charge in [0.15, 0.2) is 0 Å². The lowest BCUT2D eigenvalue weighted by molar-refractivity contribution is -0.141. The van der Waals surface area contributed by atoms with Crippen molar-refractivity contribution in [2.24, 2.45) is 9.98 Å². The van der Waals surface area contributed by atoms with Crippen LogP contribution in [0.2, 0.25) is 0 Å². The zero-order valence-electron chi connectivity index (χ0n) is 30.7. The number of aliphatic imine (C=N–C) groups is 2. The number of nitrogens with zero attached hydrogens (tertiary/aromatic N) is 2. The Bertz CT molecular complexity index is 1860. The molecule has 4 heterocycles. The summed E-state index contributed by atoms with van der Waals surface area (Å²) in [5.74, 6) is -0.333. The van der Waals surface area contributed by atoms with Crippen molar-refractivity contribution >= 4 is 53.1 Å². The monoisotopic (exact) mass is 704 g/mol. The Balaban J connectivity index is 1.72. The molecule has 0 radical (unpaired) electrons. The van der Waals surface area contributed by atoms with Gasteiger partial charge in [-0.2, -0.15) is 0 Å². The number of esters is 3. The highest BCUT2D eigenvalue weighted by Gasteiger charge is 2.28. The summed E-state index contributed by atoms with van der Waals surface area (Å²) in [6, 6.07) is 0. The van der Waals surface area contributed by atoms with Gasteiger partial charge in [0, 0.05) is 54.3 Å². The minimum absolute atomic E-state index is 0.224. The van der Waals surface area contributed by atoms with Gasteiger partial charge < -0.3 is 24.2 Å². The highest BCUT2D eigenvalue weighted by molar-refractivity contribution is 6.22. The Kier molecular flexibility index (Phi) is 13.0. The van der Waals surface area contributed by atoms with Crippen LogP contribution in [0.25, 0.3) is 12.2 Å². The fraction of sp³-hybridized carbons (Fsp3) is 0.462. The maximum atomic E-state index is 12.2. The predicted molar refractivity (Wildman–Crippen MR) is 199 cm³/mol. The molecule has 0 aromatic carbocycles. The molecular weight excluding hydrogens is 656 g/mol. The maximum absolute atomic E-state index is 12.2. The number of rotatable bonds is 15. The highest BCUT2D eigenvalue weighted by Crippen LogP contribution is 2.37. The zero-order valence-corrected chi connectivity index (χ0v) is 31.5. The molecule has 0 saturated carbocycles. The Labute approximate surface area is 299 Å². The van der Waals surface area contributed by atoms with Crippen LogP contribution in [0.3, 0.4) is 0 Å². The molecule has 50 heavy (non-hydrogen) atoms. The fourth-order valence-corrected chi connectivity index (χ4v) is 6.84. The Hall–Kier alpha value is -4.44. The average molecular weight is 705 g/mol. The van der Waals surface area contributed by atoms with E-state index in [1.807, 2.05) is 33.8 Å². The Morgan fingerprint density at radius 1 is 0.620 bits per heavy atom. The number of methoxy groups -OCH3 is 3. The van der Waals surface area contributed by atoms with Crippen molar-refractivity contribution in [3.63, 3.8) is 0 Å². The van der Waals surface area contributed by atoms with Gasteiger partial charge in [-0.3, -0.25) is 24.4 Å². The summed E-state index contributed by atoms with van der Waals surface area (Å²) in [6.07, 6.45) is 7.65. The lowest BCUT2D eigenvalue weighted by Gasteiger charge is -2.08. The van der Waals surface area contributed by atoms with E-state index < -0.39 is 0 Å². The van der Waals surface area contributed by atoms with Crippen molar-refractivity contribution in [1.29, 1.82) is 0 Å². The second-order valence-electron chi connectivity index (χ2n) is 12.8. The zero-order chi connectivity index (χ0) is 36.7. The first-order chi connectivity index (χ1) is 23.8. The van der Waals surface area contributed by atoms with Crippen molar-refractivity contribution in [2.75, 3.05) is 27.2 Å². The van der Waals surface area contributed by atoms with Crippen LogP contribution in [0.5, 0.6) is 0 Å². The molecule has 4 rings (SSSR count). The number of aromatic amines is 2. The molecular formula is C39H49ClN4O6. The smallest absolute Gasteiger partial charge is 0.305 e. The molecule has 0 aliphatic carbocycles. The SMILES string of the molecule is COC(=O)CCC1=C(C)C(CC2=N/C(=C/c3[nH]c(C)c(CCC(=O)OC)c3C)C(C)=C2CCCl)=N/C1=C\c1[nH]c(C)c(C)c1CCC(=O)OC. The van der Waals surface area contributed by atoms with Crippen LogP contribution in [0.1, 0.15) is 97.4 Å². The summed E-state index contributed by atoms with van der Waals surface area (Å²) in [7, 11) is 4.19. The summed E-state index contributed by atoms with van der Waals surface area (Å²) < 4.78 is 14.7. The molecule has 2 aromatic heterocycles. The largest absolute Gasteiger partial charge is 0.469 e. The quantitative estimate of drug-likeness (QED) is 0.111. The molecule has 2 aromatic rings. The van der Waals surface area contributed by atoms with Gasteiger partial charge in [0.2, 0.25) is 0 Å². The summed E-state index contributed by atoms with van der Waals surface area (Å²) in [5, 5.41) is 0. The van der Waals surface area contributed by atoms with Crippen molar-refractivity contribution in [3.8, 4) is 0 Å². The summed E-state index contributed by atoms with van der Waals surface area (Å²) in [4.78, 5) is 53.3. The number of aromatic nitrogens is 2. The number of ether oxygens (including phenoxy) is 3. The molecule has 2 N–H and O–H groups in total. The Morgan fingerprint density at radius 3 is 1.76 bits per heavy atom. The molecule has 268 valence electrons. The van der Waals surface area contributed by atoms with Crippen molar-refractivity contribution < 1.29 is 28.6 Å². The van der Waals surface area contributed by atoms with E-state index in [1.54, 1.807) is 0 Å². The van der Waals surface area contributed by atoms with E-state index in [4.69, 9.17) is 35.8 Å². The lowest BCUT2D eigenvalue weighted by Crippen LogP contribution is -2.10. The summed E-state index contributed by atoms with van der Waals surface area (Å²) in [6.45, 7) is 12.2. The van der Waals surface area contributed by atoms with Gasteiger partial charge in [-0.05, 0) is 124 Å². The van der Waals surface area contributed by atoms with Gasteiger partial charge in [0.25, 0.3) is 0 Å². The number of carbonyl (C=O) groups excluding carboxylic acids is 3. The molecule has 0 fully saturated rings. The highest BCUT2D eigenvalue weighted by atomic mass is 35.5. The van der Waals surface area contributed by atoms with E-state index in [-0.39, 0.29) is 30.7 Å². The molecule has 2 aliphatic heterocycles. The molecule has 0 bridgehead atoms. The topological polar surface area (TPSA) is 135 Å². The second-order valence-corrected chi connectivity index (χ2v) is 13.1. The van der Waals surface area contributed by atoms with Crippen LogP contribution in [0, 0.1) is 27.7 Å². The number of nitrogens with one attached hydrogen (secondary N) is 2. The molecule has 0 atom stereocenters. The van der Waals surface area contributed by atoms with Gasteiger partial charge in [-0.15, -0.1) is 11.6 Å². The number of hydrogen-bond acceptors (Lipinski definition) is 8. The van der Waals surface area contributed by atoms with Gasteiger partial charge in [-0.25, -0.2) is 0 Å². The molecule has 2 aliphatic rings. The number of H-pyrrole nitrogens is 2. The minimum Gasteiger partial charge on any atom is -0.469 e. The standard InChI is InChI=1S/C39H49ClN4O6/c1-21-25(5)41-34(28(21)11-14-38(46)49-8)20-36-29(12-15-39(47)50-9)23(3)33(44-36)19-35-30(16-17-40)24(4)32(43-35)18-31-22(2)27(26(6)42-31)10-13-37(45)48-7/h18,20,41-42H,10-17,19H2,1-9H3/b32-18+,36-20-. The first-order valence-electron chi connectivity index (χ1n) is 16.9. The molecule has 11 heteroatoms. The number of hydrogen-bond donors (Lipinski definition) is 2. The van der Waals surface area contributed by atoms with Crippen LogP contribution in [0.4, 0.5) is 0 Å². The van der Waals surface area contributed by atoms with Crippen molar-refractivity contribution in [3.05, 3.63) is 78.7 Å². The van der Waals surface area contributed by atoms with E-state index in [0.29, 0.717) is 44.4 Å². The Morgan fingerprint density at radius 2 is 1.16 bits per heavy atom. The molecule has 0 spiro atoms. The molecule has 0 unspecified atom stereocenters. The van der Waals surface area contributed by atoms with E-state index in [9.17, 15) is 14.4 Å². The summed E-state index contributed by atoms with van der Waals surface area (Å²) >= 11 is 6.31. The molecule has 0 amide bonds. The van der Waals surface area contributed by atoms with Crippen LogP contribution >= 0.6 is 11.6 Å². The van der Waals surface area contributed by atoms with Crippen LogP contribution in [0.15, 0.2) is 43.7 Å². The average Bonchev–Trinajstić information content (AvgIpc) is 3.74. The minimum atomic E-state index is -0.287.